The van der Waals surface area contributed by atoms with Gasteiger partial charge in [-0.05, 0) is 47.9 Å². The van der Waals surface area contributed by atoms with Crippen molar-refractivity contribution in [3.63, 3.8) is 0 Å². The Morgan fingerprint density at radius 2 is 1.89 bits per heavy atom. The third kappa shape index (κ3) is 2.81. The van der Waals surface area contributed by atoms with E-state index in [-0.39, 0.29) is 17.3 Å². The van der Waals surface area contributed by atoms with Gasteiger partial charge in [-0.15, -0.1) is 0 Å². The van der Waals surface area contributed by atoms with Crippen LogP contribution in [-0.4, -0.2) is 22.0 Å². The van der Waals surface area contributed by atoms with Crippen LogP contribution < -0.4 is 5.32 Å². The molecule has 0 unspecified atom stereocenters. The van der Waals surface area contributed by atoms with Gasteiger partial charge in [0.2, 0.25) is 0 Å². The summed E-state index contributed by atoms with van der Waals surface area (Å²) in [5.41, 5.74) is 4.63. The zero-order valence-electron chi connectivity index (χ0n) is 14.3. The fourth-order valence-electron chi connectivity index (χ4n) is 3.29. The molecule has 0 atom stereocenters. The third-order valence-corrected chi connectivity index (χ3v) is 4.68. The number of carboxylic acid groups (broad SMARTS) is 1. The molecule has 1 aromatic heterocycles. The molecule has 0 radical (unpaired) electrons. The minimum atomic E-state index is -1.03. The molecule has 1 amide bonds. The largest absolute Gasteiger partial charge is 0.478 e. The monoisotopic (exact) mass is 362 g/mol. The molecule has 3 aromatic rings. The standard InChI is InChI=1S/C21H15FN2O3/c1-11-16(21(26)27)10-23-18(11)9-15-19-14(12-5-7-13(22)8-6-12)3-2-4-17(19)24-20(15)25/h2-10,23H,1H3,(H,24,25)(H,26,27)/b15-9-. The summed E-state index contributed by atoms with van der Waals surface area (Å²) >= 11 is 0. The smallest absolute Gasteiger partial charge is 0.337 e. The number of aromatic amines is 1. The fraction of sp³-hybridized carbons (Fsp3) is 0.0476. The minimum absolute atomic E-state index is 0.160. The summed E-state index contributed by atoms with van der Waals surface area (Å²) < 4.78 is 13.3. The van der Waals surface area contributed by atoms with Crippen molar-refractivity contribution in [3.8, 4) is 11.1 Å². The van der Waals surface area contributed by atoms with E-state index in [1.165, 1.54) is 18.3 Å². The number of rotatable bonds is 3. The first kappa shape index (κ1) is 16.8. The zero-order chi connectivity index (χ0) is 19.1. The topological polar surface area (TPSA) is 82.2 Å². The molecule has 0 aliphatic carbocycles. The van der Waals surface area contributed by atoms with Crippen molar-refractivity contribution in [2.24, 2.45) is 0 Å². The second kappa shape index (κ2) is 6.25. The lowest BCUT2D eigenvalue weighted by atomic mass is 9.94. The van der Waals surface area contributed by atoms with Crippen LogP contribution in [-0.2, 0) is 4.79 Å². The molecule has 0 saturated carbocycles. The number of aromatic nitrogens is 1. The van der Waals surface area contributed by atoms with E-state index in [1.54, 1.807) is 31.2 Å². The number of nitrogens with one attached hydrogen (secondary N) is 2. The van der Waals surface area contributed by atoms with Gasteiger partial charge in [-0.25, -0.2) is 9.18 Å². The normalized spacial score (nSPS) is 14.3. The Bertz CT molecular complexity index is 1110. The maximum absolute atomic E-state index is 13.3. The molecule has 0 spiro atoms. The molecule has 2 aromatic carbocycles. The Hall–Kier alpha value is -3.67. The van der Waals surface area contributed by atoms with Crippen molar-refractivity contribution in [2.45, 2.75) is 6.92 Å². The highest BCUT2D eigenvalue weighted by Crippen LogP contribution is 2.40. The Labute approximate surface area is 154 Å². The van der Waals surface area contributed by atoms with Crippen LogP contribution in [0.1, 0.15) is 27.2 Å². The lowest BCUT2D eigenvalue weighted by Crippen LogP contribution is -2.03. The predicted molar refractivity (Wildman–Crippen MR) is 101 cm³/mol. The van der Waals surface area contributed by atoms with Crippen molar-refractivity contribution in [1.82, 2.24) is 4.98 Å². The number of hydrogen-bond donors (Lipinski definition) is 3. The quantitative estimate of drug-likeness (QED) is 0.607. The van der Waals surface area contributed by atoms with Gasteiger partial charge < -0.3 is 15.4 Å². The number of H-pyrrole nitrogens is 1. The number of fused-ring (bicyclic) bond motifs is 1. The lowest BCUT2D eigenvalue weighted by Gasteiger charge is -2.09. The van der Waals surface area contributed by atoms with E-state index in [4.69, 9.17) is 0 Å². The van der Waals surface area contributed by atoms with Gasteiger partial charge in [0.15, 0.2) is 0 Å². The molecule has 0 fully saturated rings. The first-order valence-electron chi connectivity index (χ1n) is 8.29. The van der Waals surface area contributed by atoms with E-state index in [1.807, 2.05) is 12.1 Å². The Morgan fingerprint density at radius 1 is 1.15 bits per heavy atom. The van der Waals surface area contributed by atoms with E-state index in [9.17, 15) is 19.1 Å². The van der Waals surface area contributed by atoms with Gasteiger partial charge in [-0.1, -0.05) is 24.3 Å². The van der Waals surface area contributed by atoms with Crippen LogP contribution in [0.5, 0.6) is 0 Å². The summed E-state index contributed by atoms with van der Waals surface area (Å²) in [7, 11) is 0. The van der Waals surface area contributed by atoms with Crippen molar-refractivity contribution < 1.29 is 19.1 Å². The van der Waals surface area contributed by atoms with Gasteiger partial charge in [0.05, 0.1) is 11.1 Å². The van der Waals surface area contributed by atoms with Gasteiger partial charge in [0, 0.05) is 23.1 Å². The molecule has 4 rings (SSSR count). The maximum Gasteiger partial charge on any atom is 0.337 e. The van der Waals surface area contributed by atoms with Gasteiger partial charge in [0.25, 0.3) is 5.91 Å². The first-order valence-corrected chi connectivity index (χ1v) is 8.29. The number of halogens is 1. The summed E-state index contributed by atoms with van der Waals surface area (Å²) in [6.07, 6.45) is 3.06. The SMILES string of the molecule is Cc1c(C(=O)O)c[nH]c1/C=C1\C(=O)Nc2cccc(-c3ccc(F)cc3)c21. The average molecular weight is 362 g/mol. The summed E-state index contributed by atoms with van der Waals surface area (Å²) in [6.45, 7) is 1.69. The van der Waals surface area contributed by atoms with Gasteiger partial charge in [-0.3, -0.25) is 4.79 Å². The predicted octanol–water partition coefficient (Wildman–Crippen LogP) is 4.32. The van der Waals surface area contributed by atoms with Crippen LogP contribution >= 0.6 is 0 Å². The molecule has 6 heteroatoms. The number of carbonyl (C=O) groups excluding carboxylic acids is 1. The van der Waals surface area contributed by atoms with Gasteiger partial charge in [0.1, 0.15) is 5.82 Å². The highest BCUT2D eigenvalue weighted by Gasteiger charge is 2.28. The molecular weight excluding hydrogens is 347 g/mol. The molecule has 1 aliphatic heterocycles. The van der Waals surface area contributed by atoms with Crippen molar-refractivity contribution >= 4 is 29.2 Å². The molecule has 1 aliphatic rings. The van der Waals surface area contributed by atoms with Crippen molar-refractivity contribution in [3.05, 3.63) is 76.9 Å². The van der Waals surface area contributed by atoms with Crippen LogP contribution in [0.25, 0.3) is 22.8 Å². The average Bonchev–Trinajstić information content (AvgIpc) is 3.16. The molecular formula is C21H15FN2O3. The number of benzene rings is 2. The van der Waals surface area contributed by atoms with Crippen LogP contribution in [0.2, 0.25) is 0 Å². The summed E-state index contributed by atoms with van der Waals surface area (Å²) in [4.78, 5) is 26.7. The van der Waals surface area contributed by atoms with Crippen LogP contribution in [0.3, 0.4) is 0 Å². The second-order valence-corrected chi connectivity index (χ2v) is 6.29. The Balaban J connectivity index is 1.88. The highest BCUT2D eigenvalue weighted by atomic mass is 19.1. The van der Waals surface area contributed by atoms with E-state index in [0.29, 0.717) is 28.1 Å². The Kier molecular flexibility index (Phi) is 3.88. The summed E-state index contributed by atoms with van der Waals surface area (Å²) in [5.74, 6) is -1.64. The van der Waals surface area contributed by atoms with Gasteiger partial charge >= 0.3 is 5.97 Å². The number of amides is 1. The number of anilines is 1. The number of hydrogen-bond acceptors (Lipinski definition) is 2. The highest BCUT2D eigenvalue weighted by molar-refractivity contribution is 6.36. The minimum Gasteiger partial charge on any atom is -0.478 e. The zero-order valence-corrected chi connectivity index (χ0v) is 14.3. The van der Waals surface area contributed by atoms with Crippen molar-refractivity contribution in [1.29, 1.82) is 0 Å². The molecule has 5 nitrogen and oxygen atoms in total. The first-order chi connectivity index (χ1) is 13.0. The maximum atomic E-state index is 13.3. The number of carbonyl (C=O) groups is 2. The third-order valence-electron chi connectivity index (χ3n) is 4.68. The van der Waals surface area contributed by atoms with Crippen LogP contribution in [0.4, 0.5) is 10.1 Å². The van der Waals surface area contributed by atoms with E-state index in [2.05, 4.69) is 10.3 Å². The summed E-state index contributed by atoms with van der Waals surface area (Å²) in [5, 5.41) is 12.0. The van der Waals surface area contributed by atoms with Gasteiger partial charge in [-0.2, -0.15) is 0 Å². The fourth-order valence-corrected chi connectivity index (χ4v) is 3.29. The molecule has 134 valence electrons. The van der Waals surface area contributed by atoms with Crippen LogP contribution in [0, 0.1) is 12.7 Å². The van der Waals surface area contributed by atoms with E-state index >= 15 is 0 Å². The van der Waals surface area contributed by atoms with Crippen LogP contribution in [0.15, 0.2) is 48.7 Å². The lowest BCUT2D eigenvalue weighted by molar-refractivity contribution is -0.110. The molecule has 0 bridgehead atoms. The molecule has 3 N–H and O–H groups in total. The number of carboxylic acids is 1. The molecule has 27 heavy (non-hydrogen) atoms. The number of aromatic carboxylic acids is 1. The summed E-state index contributed by atoms with van der Waals surface area (Å²) in [6, 6.07) is 11.5. The van der Waals surface area contributed by atoms with E-state index in [0.717, 1.165) is 11.1 Å². The van der Waals surface area contributed by atoms with E-state index < -0.39 is 5.97 Å². The van der Waals surface area contributed by atoms with Crippen molar-refractivity contribution in [2.75, 3.05) is 5.32 Å². The second-order valence-electron chi connectivity index (χ2n) is 6.29. The molecule has 2 heterocycles. The molecule has 0 saturated heterocycles. The Morgan fingerprint density at radius 3 is 2.56 bits per heavy atom.